The number of hydrogen-bond acceptors (Lipinski definition) is 3. The summed E-state index contributed by atoms with van der Waals surface area (Å²) in [6.45, 7) is 2.58. The molecule has 1 rings (SSSR count). The predicted octanol–water partition coefficient (Wildman–Crippen LogP) is 2.10. The molecule has 1 unspecified atom stereocenters. The topological polar surface area (TPSA) is 41.5 Å². The van der Waals surface area contributed by atoms with Crippen LogP contribution in [0.5, 0.6) is 5.75 Å². The molecule has 0 amide bonds. The molecule has 1 aromatic carbocycles. The van der Waals surface area contributed by atoms with Gasteiger partial charge in [-0.15, -0.1) is 0 Å². The molecule has 0 fully saturated rings. The molecule has 18 heavy (non-hydrogen) atoms. The van der Waals surface area contributed by atoms with Crippen molar-refractivity contribution in [3.8, 4) is 5.75 Å². The van der Waals surface area contributed by atoms with Crippen molar-refractivity contribution in [3.63, 3.8) is 0 Å². The molecule has 0 aliphatic heterocycles. The molecule has 1 atom stereocenters. The van der Waals surface area contributed by atoms with E-state index in [4.69, 9.17) is 9.84 Å². The first-order valence-corrected chi connectivity index (χ1v) is 5.60. The van der Waals surface area contributed by atoms with Crippen LogP contribution in [0.4, 0.5) is 13.2 Å². The fraction of sp³-hybridized carbons (Fsp3) is 0.500. The molecule has 102 valence electrons. The first-order chi connectivity index (χ1) is 8.43. The van der Waals surface area contributed by atoms with E-state index in [0.717, 1.165) is 12.1 Å². The molecule has 0 aliphatic carbocycles. The van der Waals surface area contributed by atoms with Crippen LogP contribution < -0.4 is 10.1 Å². The van der Waals surface area contributed by atoms with Crippen LogP contribution >= 0.6 is 0 Å². The Morgan fingerprint density at radius 1 is 1.39 bits per heavy atom. The van der Waals surface area contributed by atoms with Crippen molar-refractivity contribution in [2.75, 3.05) is 13.2 Å². The lowest BCUT2D eigenvalue weighted by Crippen LogP contribution is -2.34. The highest BCUT2D eigenvalue weighted by atomic mass is 19.4. The smallest absolute Gasteiger partial charge is 0.417 e. The lowest BCUT2D eigenvalue weighted by atomic mass is 10.2. The number of alkyl halides is 3. The number of aliphatic hydroxyl groups excluding tert-OH is 1. The van der Waals surface area contributed by atoms with Gasteiger partial charge in [-0.1, -0.05) is 19.1 Å². The number of hydrogen-bond donors (Lipinski definition) is 2. The molecule has 6 heteroatoms. The van der Waals surface area contributed by atoms with Gasteiger partial charge in [0.05, 0.1) is 0 Å². The molecule has 0 heterocycles. The van der Waals surface area contributed by atoms with Gasteiger partial charge in [0.1, 0.15) is 12.4 Å². The van der Waals surface area contributed by atoms with Gasteiger partial charge >= 0.3 is 6.18 Å². The number of halogens is 3. The molecule has 0 aromatic heterocycles. The zero-order valence-electron chi connectivity index (χ0n) is 10.00. The highest BCUT2D eigenvalue weighted by Gasteiger charge is 2.38. The van der Waals surface area contributed by atoms with E-state index < -0.39 is 18.9 Å². The SMILES string of the molecule is CCNCc1cccc(OCC(O)C(F)(F)F)c1. The Labute approximate surface area is 104 Å². The Balaban J connectivity index is 2.52. The van der Waals surface area contributed by atoms with Crippen LogP contribution in [0, 0.1) is 0 Å². The average molecular weight is 263 g/mol. The van der Waals surface area contributed by atoms with Crippen molar-refractivity contribution in [2.45, 2.75) is 25.7 Å². The van der Waals surface area contributed by atoms with Crippen molar-refractivity contribution < 1.29 is 23.0 Å². The number of aliphatic hydroxyl groups is 1. The molecule has 3 nitrogen and oxygen atoms in total. The standard InChI is InChI=1S/C12H16F3NO2/c1-2-16-7-9-4-3-5-10(6-9)18-8-11(17)12(13,14)15/h3-6,11,16-17H,2,7-8H2,1H3. The molecular formula is C12H16F3NO2. The Kier molecular flexibility index (Phi) is 5.43. The zero-order chi connectivity index (χ0) is 13.6. The van der Waals surface area contributed by atoms with Gasteiger partial charge in [-0.2, -0.15) is 13.2 Å². The lowest BCUT2D eigenvalue weighted by molar-refractivity contribution is -0.210. The van der Waals surface area contributed by atoms with Crippen LogP contribution in [-0.4, -0.2) is 30.5 Å². The van der Waals surface area contributed by atoms with E-state index in [9.17, 15) is 13.2 Å². The van der Waals surface area contributed by atoms with Crippen LogP contribution in [0.3, 0.4) is 0 Å². The summed E-state index contributed by atoms with van der Waals surface area (Å²) in [4.78, 5) is 0. The molecule has 0 bridgehead atoms. The maximum Gasteiger partial charge on any atom is 0.417 e. The quantitative estimate of drug-likeness (QED) is 0.826. The van der Waals surface area contributed by atoms with E-state index in [1.54, 1.807) is 18.2 Å². The third-order valence-corrected chi connectivity index (χ3v) is 2.26. The van der Waals surface area contributed by atoms with Crippen molar-refractivity contribution in [1.29, 1.82) is 0 Å². The van der Waals surface area contributed by atoms with E-state index in [2.05, 4.69) is 5.32 Å². The maximum atomic E-state index is 12.1. The zero-order valence-corrected chi connectivity index (χ0v) is 10.00. The largest absolute Gasteiger partial charge is 0.491 e. The number of nitrogens with one attached hydrogen (secondary N) is 1. The van der Waals surface area contributed by atoms with Gasteiger partial charge in [-0.25, -0.2) is 0 Å². The maximum absolute atomic E-state index is 12.1. The molecular weight excluding hydrogens is 247 g/mol. The Bertz CT molecular complexity index is 369. The Morgan fingerprint density at radius 2 is 2.11 bits per heavy atom. The number of benzene rings is 1. The van der Waals surface area contributed by atoms with E-state index in [-0.39, 0.29) is 0 Å². The van der Waals surface area contributed by atoms with E-state index in [0.29, 0.717) is 12.3 Å². The summed E-state index contributed by atoms with van der Waals surface area (Å²) >= 11 is 0. The van der Waals surface area contributed by atoms with E-state index in [1.807, 2.05) is 13.0 Å². The minimum absolute atomic E-state index is 0.314. The van der Waals surface area contributed by atoms with Crippen molar-refractivity contribution in [3.05, 3.63) is 29.8 Å². The molecule has 2 N–H and O–H groups in total. The summed E-state index contributed by atoms with van der Waals surface area (Å²) < 4.78 is 41.1. The summed E-state index contributed by atoms with van der Waals surface area (Å²) in [7, 11) is 0. The summed E-state index contributed by atoms with van der Waals surface area (Å²) in [6, 6.07) is 6.74. The Morgan fingerprint density at radius 3 is 2.72 bits per heavy atom. The van der Waals surface area contributed by atoms with Gasteiger partial charge in [0.2, 0.25) is 0 Å². The predicted molar refractivity (Wildman–Crippen MR) is 61.4 cm³/mol. The molecule has 1 aromatic rings. The van der Waals surface area contributed by atoms with Crippen LogP contribution in [0.15, 0.2) is 24.3 Å². The monoisotopic (exact) mass is 263 g/mol. The van der Waals surface area contributed by atoms with Gasteiger partial charge in [0, 0.05) is 6.54 Å². The van der Waals surface area contributed by atoms with Gasteiger partial charge in [-0.3, -0.25) is 0 Å². The highest BCUT2D eigenvalue weighted by Crippen LogP contribution is 2.21. The number of ether oxygens (including phenoxy) is 1. The lowest BCUT2D eigenvalue weighted by Gasteiger charge is -2.15. The third-order valence-electron chi connectivity index (χ3n) is 2.26. The number of rotatable bonds is 6. The molecule has 0 saturated carbocycles. The van der Waals surface area contributed by atoms with Gasteiger partial charge in [-0.05, 0) is 24.2 Å². The van der Waals surface area contributed by atoms with Crippen LogP contribution in [0.25, 0.3) is 0 Å². The highest BCUT2D eigenvalue weighted by molar-refractivity contribution is 5.28. The van der Waals surface area contributed by atoms with Gasteiger partial charge in [0.15, 0.2) is 6.10 Å². The molecule has 0 spiro atoms. The fourth-order valence-electron chi connectivity index (χ4n) is 1.28. The van der Waals surface area contributed by atoms with Crippen LogP contribution in [0.1, 0.15) is 12.5 Å². The van der Waals surface area contributed by atoms with E-state index >= 15 is 0 Å². The first kappa shape index (κ1) is 14.8. The summed E-state index contributed by atoms with van der Waals surface area (Å²) in [6.07, 6.45) is -7.11. The second-order valence-corrected chi connectivity index (χ2v) is 3.80. The van der Waals surface area contributed by atoms with Crippen molar-refractivity contribution >= 4 is 0 Å². The first-order valence-electron chi connectivity index (χ1n) is 5.60. The minimum atomic E-state index is -4.65. The summed E-state index contributed by atoms with van der Waals surface area (Å²) in [5, 5.41) is 11.9. The van der Waals surface area contributed by atoms with Gasteiger partial charge < -0.3 is 15.2 Å². The average Bonchev–Trinajstić information content (AvgIpc) is 2.32. The van der Waals surface area contributed by atoms with Crippen LogP contribution in [-0.2, 0) is 6.54 Å². The third kappa shape index (κ3) is 4.93. The summed E-state index contributed by atoms with van der Waals surface area (Å²) in [5.41, 5.74) is 0.913. The fourth-order valence-corrected chi connectivity index (χ4v) is 1.28. The normalized spacial score (nSPS) is 13.4. The second kappa shape index (κ2) is 6.61. The van der Waals surface area contributed by atoms with Crippen molar-refractivity contribution in [2.24, 2.45) is 0 Å². The second-order valence-electron chi connectivity index (χ2n) is 3.80. The van der Waals surface area contributed by atoms with Crippen LogP contribution in [0.2, 0.25) is 0 Å². The molecule has 0 saturated heterocycles. The summed E-state index contributed by atoms with van der Waals surface area (Å²) in [5.74, 6) is 0.314. The minimum Gasteiger partial charge on any atom is -0.491 e. The Hall–Kier alpha value is -1.27. The molecule has 0 aliphatic rings. The van der Waals surface area contributed by atoms with Crippen molar-refractivity contribution in [1.82, 2.24) is 5.32 Å². The molecule has 0 radical (unpaired) electrons. The van der Waals surface area contributed by atoms with Gasteiger partial charge in [0.25, 0.3) is 0 Å². The van der Waals surface area contributed by atoms with E-state index in [1.165, 1.54) is 0 Å².